The van der Waals surface area contributed by atoms with E-state index in [1.54, 1.807) is 24.0 Å². The molecule has 0 spiro atoms. The number of halogens is 1. The molecule has 0 atom stereocenters. The van der Waals surface area contributed by atoms with E-state index in [4.69, 9.17) is 0 Å². The Morgan fingerprint density at radius 2 is 2.00 bits per heavy atom. The first-order valence-corrected chi connectivity index (χ1v) is 6.75. The molecule has 2 rings (SSSR count). The molecule has 116 valence electrons. The Kier molecular flexibility index (Phi) is 6.11. The number of likely N-dealkylation sites (tertiary alicyclic amines) is 1. The van der Waals surface area contributed by atoms with E-state index >= 15 is 0 Å². The van der Waals surface area contributed by atoms with Crippen LogP contribution in [0.1, 0.15) is 28.8 Å². The summed E-state index contributed by atoms with van der Waals surface area (Å²) in [5.41, 5.74) is 0.636. The van der Waals surface area contributed by atoms with Crippen LogP contribution >= 0.6 is 12.4 Å². The van der Waals surface area contributed by atoms with E-state index in [0.717, 1.165) is 12.8 Å². The molecule has 6 nitrogen and oxygen atoms in total. The van der Waals surface area contributed by atoms with Gasteiger partial charge < -0.3 is 10.2 Å². The third-order valence-corrected chi connectivity index (χ3v) is 3.84. The number of carbonyl (C=O) groups excluding carboxylic acids is 1. The number of nitrogens with one attached hydrogen (secondary N) is 1. The van der Waals surface area contributed by atoms with Gasteiger partial charge in [-0.2, -0.15) is 0 Å². The summed E-state index contributed by atoms with van der Waals surface area (Å²) in [5.74, 6) is -0.241. The van der Waals surface area contributed by atoms with Gasteiger partial charge in [-0.15, -0.1) is 12.4 Å². The largest absolute Gasteiger partial charge is 0.338 e. The Labute approximate surface area is 130 Å². The number of nitrogens with zero attached hydrogens (tertiary/aromatic N) is 2. The van der Waals surface area contributed by atoms with Crippen molar-refractivity contribution in [3.63, 3.8) is 0 Å². The van der Waals surface area contributed by atoms with Gasteiger partial charge in [-0.1, -0.05) is 12.1 Å². The number of benzene rings is 1. The second-order valence-corrected chi connectivity index (χ2v) is 5.08. The average Bonchev–Trinajstić information content (AvgIpc) is 2.46. The summed E-state index contributed by atoms with van der Waals surface area (Å²) in [6.45, 7) is 2.92. The van der Waals surface area contributed by atoms with Crippen LogP contribution in [0.25, 0.3) is 0 Å². The number of hydrogen-bond donors (Lipinski definition) is 1. The topological polar surface area (TPSA) is 75.5 Å². The Morgan fingerprint density at radius 1 is 1.38 bits per heavy atom. The van der Waals surface area contributed by atoms with Crippen LogP contribution in [0.5, 0.6) is 0 Å². The fourth-order valence-electron chi connectivity index (χ4n) is 2.62. The first-order chi connectivity index (χ1) is 9.54. The Morgan fingerprint density at radius 3 is 2.52 bits per heavy atom. The van der Waals surface area contributed by atoms with Crippen molar-refractivity contribution >= 4 is 24.0 Å². The predicted molar refractivity (Wildman–Crippen MR) is 83.1 cm³/mol. The molecule has 0 unspecified atom stereocenters. The highest BCUT2D eigenvalue weighted by Gasteiger charge is 2.28. The predicted octanol–water partition coefficient (Wildman–Crippen LogP) is 2.15. The molecule has 1 aliphatic heterocycles. The number of hydrogen-bond acceptors (Lipinski definition) is 4. The molecule has 0 aromatic heterocycles. The molecule has 0 saturated carbocycles. The quantitative estimate of drug-likeness (QED) is 0.685. The third kappa shape index (κ3) is 3.71. The highest BCUT2D eigenvalue weighted by molar-refractivity contribution is 5.98. The summed E-state index contributed by atoms with van der Waals surface area (Å²) in [4.78, 5) is 24.9. The smallest absolute Gasteiger partial charge is 0.285 e. The highest BCUT2D eigenvalue weighted by atomic mass is 35.5. The number of nitro benzene ring substituents is 1. The molecule has 1 aliphatic rings. The molecule has 7 heteroatoms. The fourth-order valence-corrected chi connectivity index (χ4v) is 2.62. The van der Waals surface area contributed by atoms with Crippen molar-refractivity contribution in [2.45, 2.75) is 25.8 Å². The van der Waals surface area contributed by atoms with Gasteiger partial charge in [0.2, 0.25) is 0 Å². The Bertz CT molecular complexity index is 528. The minimum Gasteiger partial charge on any atom is -0.338 e. The summed E-state index contributed by atoms with van der Waals surface area (Å²) in [5, 5.41) is 14.3. The zero-order valence-corrected chi connectivity index (χ0v) is 13.0. The van der Waals surface area contributed by atoms with Gasteiger partial charge in [-0.25, -0.2) is 0 Å². The van der Waals surface area contributed by atoms with Gasteiger partial charge in [0, 0.05) is 24.7 Å². The Balaban J connectivity index is 0.00000220. The molecule has 1 saturated heterocycles. The van der Waals surface area contributed by atoms with E-state index < -0.39 is 4.92 Å². The number of para-hydroxylation sites is 1. The van der Waals surface area contributed by atoms with Crippen LogP contribution in [-0.4, -0.2) is 41.9 Å². The lowest BCUT2D eigenvalue weighted by molar-refractivity contribution is -0.385. The average molecular weight is 314 g/mol. The van der Waals surface area contributed by atoms with Crippen molar-refractivity contribution in [1.29, 1.82) is 0 Å². The zero-order valence-electron chi connectivity index (χ0n) is 12.2. The van der Waals surface area contributed by atoms with Crippen LogP contribution in [0.2, 0.25) is 0 Å². The molecule has 1 fully saturated rings. The van der Waals surface area contributed by atoms with Gasteiger partial charge in [0.25, 0.3) is 11.6 Å². The van der Waals surface area contributed by atoms with E-state index in [1.165, 1.54) is 6.07 Å². The molecule has 1 aromatic carbocycles. The molecular weight excluding hydrogens is 294 g/mol. The summed E-state index contributed by atoms with van der Waals surface area (Å²) >= 11 is 0. The monoisotopic (exact) mass is 313 g/mol. The van der Waals surface area contributed by atoms with E-state index in [0.29, 0.717) is 24.7 Å². The lowest BCUT2D eigenvalue weighted by Gasteiger charge is -2.31. The number of amides is 1. The summed E-state index contributed by atoms with van der Waals surface area (Å²) in [7, 11) is 1.91. The van der Waals surface area contributed by atoms with Crippen molar-refractivity contribution < 1.29 is 9.72 Å². The number of rotatable bonds is 3. The van der Waals surface area contributed by atoms with Gasteiger partial charge in [0.05, 0.1) is 4.92 Å². The number of aryl methyl sites for hydroxylation is 1. The maximum absolute atomic E-state index is 12.5. The number of nitro groups is 1. The van der Waals surface area contributed by atoms with E-state index in [2.05, 4.69) is 5.32 Å². The molecule has 0 aliphatic carbocycles. The second kappa shape index (κ2) is 7.38. The van der Waals surface area contributed by atoms with E-state index in [-0.39, 0.29) is 29.6 Å². The van der Waals surface area contributed by atoms with Crippen LogP contribution in [-0.2, 0) is 0 Å². The molecule has 1 amide bonds. The first kappa shape index (κ1) is 17.4. The third-order valence-electron chi connectivity index (χ3n) is 3.84. The SMILES string of the molecule is CNC1CCN(C(=O)c2cccc(C)c2[N+](=O)[O-])CC1.Cl. The fraction of sp³-hybridized carbons (Fsp3) is 0.500. The minimum absolute atomic E-state index is 0. The molecule has 1 N–H and O–H groups in total. The van der Waals surface area contributed by atoms with Crippen molar-refractivity contribution in [3.05, 3.63) is 39.4 Å². The molecular formula is C14H20ClN3O3. The van der Waals surface area contributed by atoms with Crippen molar-refractivity contribution in [2.75, 3.05) is 20.1 Å². The lowest BCUT2D eigenvalue weighted by Crippen LogP contribution is -2.44. The van der Waals surface area contributed by atoms with Crippen molar-refractivity contribution in [1.82, 2.24) is 10.2 Å². The molecule has 0 bridgehead atoms. The summed E-state index contributed by atoms with van der Waals surface area (Å²) < 4.78 is 0. The van der Waals surface area contributed by atoms with Gasteiger partial charge >= 0.3 is 0 Å². The zero-order chi connectivity index (χ0) is 14.7. The number of carbonyl (C=O) groups is 1. The van der Waals surface area contributed by atoms with Gasteiger partial charge in [-0.3, -0.25) is 14.9 Å². The van der Waals surface area contributed by atoms with Crippen molar-refractivity contribution in [2.24, 2.45) is 0 Å². The standard InChI is InChI=1S/C14H19N3O3.ClH/c1-10-4-3-5-12(13(10)17(19)20)14(18)16-8-6-11(15-2)7-9-16;/h3-5,11,15H,6-9H2,1-2H3;1H. The van der Waals surface area contributed by atoms with Crippen LogP contribution in [0.4, 0.5) is 5.69 Å². The molecule has 1 aromatic rings. The second-order valence-electron chi connectivity index (χ2n) is 5.08. The van der Waals surface area contributed by atoms with E-state index in [9.17, 15) is 14.9 Å². The lowest BCUT2D eigenvalue weighted by atomic mass is 10.0. The van der Waals surface area contributed by atoms with Crippen molar-refractivity contribution in [3.8, 4) is 0 Å². The normalized spacial score (nSPS) is 15.4. The Hall–Kier alpha value is -1.66. The van der Waals surface area contributed by atoms with E-state index in [1.807, 2.05) is 7.05 Å². The molecule has 0 radical (unpaired) electrons. The molecule has 21 heavy (non-hydrogen) atoms. The molecule has 1 heterocycles. The number of piperidine rings is 1. The van der Waals surface area contributed by atoms with Crippen LogP contribution in [0.15, 0.2) is 18.2 Å². The van der Waals surface area contributed by atoms with Gasteiger partial charge in [0.15, 0.2) is 0 Å². The summed E-state index contributed by atoms with van der Waals surface area (Å²) in [6, 6.07) is 5.31. The maximum Gasteiger partial charge on any atom is 0.285 e. The van der Waals surface area contributed by atoms with Crippen LogP contribution in [0.3, 0.4) is 0 Å². The maximum atomic E-state index is 12.5. The minimum atomic E-state index is -0.469. The summed E-state index contributed by atoms with van der Waals surface area (Å²) in [6.07, 6.45) is 1.75. The van der Waals surface area contributed by atoms with Gasteiger partial charge in [0.1, 0.15) is 5.56 Å². The highest BCUT2D eigenvalue weighted by Crippen LogP contribution is 2.25. The van der Waals surface area contributed by atoms with Crippen LogP contribution < -0.4 is 5.32 Å². The van der Waals surface area contributed by atoms with Gasteiger partial charge in [-0.05, 0) is 32.9 Å². The first-order valence-electron chi connectivity index (χ1n) is 6.75. The van der Waals surface area contributed by atoms with Crippen LogP contribution in [0, 0.1) is 17.0 Å².